The lowest BCUT2D eigenvalue weighted by molar-refractivity contribution is 0.122. The second-order valence-electron chi connectivity index (χ2n) is 6.56. The zero-order chi connectivity index (χ0) is 16.8. The largest absolute Gasteiger partial charge is 0.494 e. The van der Waals surface area contributed by atoms with Gasteiger partial charge < -0.3 is 4.74 Å². The first kappa shape index (κ1) is 17.0. The SMILES string of the molecule is CCOc1ccc(CN2CCN(Cc3ccccc3C)CC2)cc1. The number of ether oxygens (including phenoxy) is 1. The lowest BCUT2D eigenvalue weighted by atomic mass is 10.1. The molecule has 0 spiro atoms. The van der Waals surface area contributed by atoms with Gasteiger partial charge in [-0.25, -0.2) is 0 Å². The highest BCUT2D eigenvalue weighted by Gasteiger charge is 2.17. The molecule has 0 unspecified atom stereocenters. The molecular formula is C21H28N2O. The van der Waals surface area contributed by atoms with Crippen molar-refractivity contribution < 1.29 is 4.74 Å². The van der Waals surface area contributed by atoms with Gasteiger partial charge in [-0.2, -0.15) is 0 Å². The van der Waals surface area contributed by atoms with Crippen LogP contribution in [0.5, 0.6) is 5.75 Å². The predicted molar refractivity (Wildman–Crippen MR) is 99.3 cm³/mol. The molecule has 1 aliphatic rings. The maximum Gasteiger partial charge on any atom is 0.119 e. The maximum atomic E-state index is 5.51. The molecule has 1 fully saturated rings. The fourth-order valence-corrected chi connectivity index (χ4v) is 3.25. The molecule has 1 saturated heterocycles. The number of hydrogen-bond acceptors (Lipinski definition) is 3. The minimum atomic E-state index is 0.724. The average Bonchev–Trinajstić information content (AvgIpc) is 2.61. The van der Waals surface area contributed by atoms with Gasteiger partial charge in [0.25, 0.3) is 0 Å². The minimum absolute atomic E-state index is 0.724. The molecular weight excluding hydrogens is 296 g/mol. The second-order valence-corrected chi connectivity index (χ2v) is 6.56. The van der Waals surface area contributed by atoms with E-state index in [1.165, 1.54) is 16.7 Å². The molecule has 2 aromatic rings. The van der Waals surface area contributed by atoms with Gasteiger partial charge >= 0.3 is 0 Å². The third kappa shape index (κ3) is 4.59. The molecule has 0 aliphatic carbocycles. The first-order chi connectivity index (χ1) is 11.7. The van der Waals surface area contributed by atoms with Crippen LogP contribution in [0.15, 0.2) is 48.5 Å². The number of aryl methyl sites for hydroxylation is 1. The van der Waals surface area contributed by atoms with E-state index in [1.807, 2.05) is 6.92 Å². The first-order valence-corrected chi connectivity index (χ1v) is 8.95. The number of benzene rings is 2. The normalized spacial score (nSPS) is 16.2. The Morgan fingerprint density at radius 3 is 2.08 bits per heavy atom. The Morgan fingerprint density at radius 1 is 0.833 bits per heavy atom. The molecule has 0 aromatic heterocycles. The van der Waals surface area contributed by atoms with Crippen LogP contribution in [0, 0.1) is 6.92 Å². The molecule has 1 heterocycles. The maximum absolute atomic E-state index is 5.51. The highest BCUT2D eigenvalue weighted by molar-refractivity contribution is 5.27. The van der Waals surface area contributed by atoms with E-state index in [-0.39, 0.29) is 0 Å². The average molecular weight is 324 g/mol. The topological polar surface area (TPSA) is 15.7 Å². The first-order valence-electron chi connectivity index (χ1n) is 8.95. The molecule has 3 rings (SSSR count). The monoisotopic (exact) mass is 324 g/mol. The minimum Gasteiger partial charge on any atom is -0.494 e. The summed E-state index contributed by atoms with van der Waals surface area (Å²) >= 11 is 0. The molecule has 2 aromatic carbocycles. The van der Waals surface area contributed by atoms with Gasteiger partial charge in [-0.15, -0.1) is 0 Å². The molecule has 3 heteroatoms. The Bertz CT molecular complexity index is 631. The lowest BCUT2D eigenvalue weighted by Crippen LogP contribution is -2.45. The Hall–Kier alpha value is -1.84. The Morgan fingerprint density at radius 2 is 1.46 bits per heavy atom. The zero-order valence-corrected chi connectivity index (χ0v) is 14.9. The lowest BCUT2D eigenvalue weighted by Gasteiger charge is -2.35. The van der Waals surface area contributed by atoms with Gasteiger partial charge in [-0.3, -0.25) is 9.80 Å². The van der Waals surface area contributed by atoms with Crippen LogP contribution in [-0.4, -0.2) is 42.6 Å². The summed E-state index contributed by atoms with van der Waals surface area (Å²) in [5.41, 5.74) is 4.22. The third-order valence-electron chi connectivity index (χ3n) is 4.76. The summed E-state index contributed by atoms with van der Waals surface area (Å²) in [6.07, 6.45) is 0. The highest BCUT2D eigenvalue weighted by Crippen LogP contribution is 2.16. The van der Waals surface area contributed by atoms with E-state index in [0.717, 1.165) is 51.6 Å². The predicted octanol–water partition coefficient (Wildman–Crippen LogP) is 3.71. The van der Waals surface area contributed by atoms with Gasteiger partial charge in [0, 0.05) is 39.3 Å². The summed E-state index contributed by atoms with van der Waals surface area (Å²) in [6, 6.07) is 17.2. The van der Waals surface area contributed by atoms with E-state index >= 15 is 0 Å². The molecule has 0 atom stereocenters. The van der Waals surface area contributed by atoms with E-state index in [4.69, 9.17) is 4.74 Å². The van der Waals surface area contributed by atoms with Crippen LogP contribution >= 0.6 is 0 Å². The molecule has 0 amide bonds. The van der Waals surface area contributed by atoms with Crippen LogP contribution in [0.1, 0.15) is 23.6 Å². The Labute approximate surface area is 145 Å². The fraction of sp³-hybridized carbons (Fsp3) is 0.429. The van der Waals surface area contributed by atoms with Crippen LogP contribution < -0.4 is 4.74 Å². The Balaban J connectivity index is 1.47. The number of nitrogens with zero attached hydrogens (tertiary/aromatic N) is 2. The van der Waals surface area contributed by atoms with Crippen molar-refractivity contribution in [2.75, 3.05) is 32.8 Å². The molecule has 0 bridgehead atoms. The van der Waals surface area contributed by atoms with Gasteiger partial charge in [0.2, 0.25) is 0 Å². The van der Waals surface area contributed by atoms with Gasteiger partial charge in [0.05, 0.1) is 6.61 Å². The van der Waals surface area contributed by atoms with Crippen molar-refractivity contribution in [1.82, 2.24) is 9.80 Å². The summed E-state index contributed by atoms with van der Waals surface area (Å²) in [5, 5.41) is 0. The molecule has 0 N–H and O–H groups in total. The third-order valence-corrected chi connectivity index (χ3v) is 4.76. The van der Waals surface area contributed by atoms with Crippen LogP contribution in [0.4, 0.5) is 0 Å². The van der Waals surface area contributed by atoms with E-state index < -0.39 is 0 Å². The van der Waals surface area contributed by atoms with Crippen LogP contribution in [0.25, 0.3) is 0 Å². The zero-order valence-electron chi connectivity index (χ0n) is 14.9. The molecule has 0 saturated carbocycles. The van der Waals surface area contributed by atoms with Gasteiger partial charge in [-0.1, -0.05) is 36.4 Å². The highest BCUT2D eigenvalue weighted by atomic mass is 16.5. The summed E-state index contributed by atoms with van der Waals surface area (Å²) in [5.74, 6) is 0.962. The van der Waals surface area contributed by atoms with Crippen molar-refractivity contribution in [3.8, 4) is 5.75 Å². The fourth-order valence-electron chi connectivity index (χ4n) is 3.25. The quantitative estimate of drug-likeness (QED) is 0.805. The van der Waals surface area contributed by atoms with E-state index in [1.54, 1.807) is 0 Å². The number of rotatable bonds is 6. The number of piperazine rings is 1. The van der Waals surface area contributed by atoms with Crippen LogP contribution in [-0.2, 0) is 13.1 Å². The standard InChI is InChI=1S/C21H28N2O/c1-3-24-21-10-8-19(9-11-21)16-22-12-14-23(15-13-22)17-20-7-5-4-6-18(20)2/h4-11H,3,12-17H2,1-2H3. The molecule has 0 radical (unpaired) electrons. The van der Waals surface area contributed by atoms with Gasteiger partial charge in [0.1, 0.15) is 5.75 Å². The van der Waals surface area contributed by atoms with Crippen molar-refractivity contribution in [2.24, 2.45) is 0 Å². The van der Waals surface area contributed by atoms with Crippen molar-refractivity contribution in [3.63, 3.8) is 0 Å². The molecule has 1 aliphatic heterocycles. The van der Waals surface area contributed by atoms with Crippen LogP contribution in [0.3, 0.4) is 0 Å². The smallest absolute Gasteiger partial charge is 0.119 e. The summed E-state index contributed by atoms with van der Waals surface area (Å²) in [7, 11) is 0. The van der Waals surface area contributed by atoms with Crippen molar-refractivity contribution >= 4 is 0 Å². The van der Waals surface area contributed by atoms with Crippen LogP contribution in [0.2, 0.25) is 0 Å². The molecule has 24 heavy (non-hydrogen) atoms. The molecule has 3 nitrogen and oxygen atoms in total. The molecule has 128 valence electrons. The summed E-state index contributed by atoms with van der Waals surface area (Å²) < 4.78 is 5.51. The van der Waals surface area contributed by atoms with E-state index in [9.17, 15) is 0 Å². The second kappa shape index (κ2) is 8.32. The van der Waals surface area contributed by atoms with Crippen molar-refractivity contribution in [3.05, 3.63) is 65.2 Å². The van der Waals surface area contributed by atoms with Gasteiger partial charge in [0.15, 0.2) is 0 Å². The number of hydrogen-bond donors (Lipinski definition) is 0. The van der Waals surface area contributed by atoms with Crippen molar-refractivity contribution in [2.45, 2.75) is 26.9 Å². The summed E-state index contributed by atoms with van der Waals surface area (Å²) in [6.45, 7) is 11.6. The van der Waals surface area contributed by atoms with E-state index in [0.29, 0.717) is 0 Å². The summed E-state index contributed by atoms with van der Waals surface area (Å²) in [4.78, 5) is 5.11. The van der Waals surface area contributed by atoms with Gasteiger partial charge in [-0.05, 0) is 42.7 Å². The Kier molecular flexibility index (Phi) is 5.89. The van der Waals surface area contributed by atoms with Crippen molar-refractivity contribution in [1.29, 1.82) is 0 Å². The van der Waals surface area contributed by atoms with E-state index in [2.05, 4.69) is 65.3 Å².